The van der Waals surface area contributed by atoms with Crippen molar-refractivity contribution in [1.82, 2.24) is 0 Å². The molecule has 0 aliphatic carbocycles. The highest BCUT2D eigenvalue weighted by atomic mass is 16.5. The molecule has 1 fully saturated rings. The Hall–Kier alpha value is -3.86. The van der Waals surface area contributed by atoms with Crippen LogP contribution in [0.2, 0.25) is 0 Å². The van der Waals surface area contributed by atoms with E-state index < -0.39 is 17.7 Å². The molecule has 30 heavy (non-hydrogen) atoms. The van der Waals surface area contributed by atoms with Gasteiger partial charge in [-0.05, 0) is 36.8 Å². The normalized spacial score (nSPS) is 17.9. The van der Waals surface area contributed by atoms with Gasteiger partial charge >= 0.3 is 0 Å². The molecule has 1 saturated heterocycles. The number of anilines is 1. The van der Waals surface area contributed by atoms with E-state index in [4.69, 9.17) is 4.74 Å². The smallest absolute Gasteiger partial charge is 0.300 e. The fraction of sp³-hybridized carbons (Fsp3) is 0.120. The molecule has 1 amide bonds. The molecule has 0 saturated carbocycles. The number of amides is 1. The summed E-state index contributed by atoms with van der Waals surface area (Å²) < 4.78 is 5.23. The van der Waals surface area contributed by atoms with Gasteiger partial charge in [0.05, 0.1) is 18.7 Å². The standard InChI is InChI=1S/C25H21NO4/c1-16-8-10-18(11-9-16)23(27)21-22(17-12-14-20(30-2)15-13-17)26(25(29)24(21)28)19-6-4-3-5-7-19/h3-15,22,27H,1-2H3. The van der Waals surface area contributed by atoms with E-state index in [0.717, 1.165) is 5.56 Å². The highest BCUT2D eigenvalue weighted by Gasteiger charge is 2.46. The lowest BCUT2D eigenvalue weighted by atomic mass is 9.95. The van der Waals surface area contributed by atoms with Crippen LogP contribution >= 0.6 is 0 Å². The monoisotopic (exact) mass is 399 g/mol. The van der Waals surface area contributed by atoms with Gasteiger partial charge in [0.25, 0.3) is 11.7 Å². The van der Waals surface area contributed by atoms with Crippen molar-refractivity contribution in [3.8, 4) is 5.75 Å². The second-order valence-corrected chi connectivity index (χ2v) is 7.14. The minimum absolute atomic E-state index is 0.0675. The third kappa shape index (κ3) is 3.35. The Morgan fingerprint density at radius 2 is 1.53 bits per heavy atom. The molecule has 1 aliphatic heterocycles. The zero-order chi connectivity index (χ0) is 21.3. The second-order valence-electron chi connectivity index (χ2n) is 7.14. The predicted molar refractivity (Wildman–Crippen MR) is 115 cm³/mol. The van der Waals surface area contributed by atoms with Gasteiger partial charge in [0, 0.05) is 11.3 Å². The van der Waals surface area contributed by atoms with Crippen molar-refractivity contribution < 1.29 is 19.4 Å². The van der Waals surface area contributed by atoms with Crippen LogP contribution in [0.5, 0.6) is 5.75 Å². The number of aryl methyl sites for hydroxylation is 1. The van der Waals surface area contributed by atoms with E-state index >= 15 is 0 Å². The molecule has 1 atom stereocenters. The third-order valence-electron chi connectivity index (χ3n) is 5.24. The molecule has 3 aromatic carbocycles. The predicted octanol–water partition coefficient (Wildman–Crippen LogP) is 4.63. The number of carbonyl (C=O) groups excluding carboxylic acids is 2. The van der Waals surface area contributed by atoms with Crippen LogP contribution in [0.1, 0.15) is 22.7 Å². The molecule has 4 rings (SSSR count). The number of hydrogen-bond donors (Lipinski definition) is 1. The summed E-state index contributed by atoms with van der Waals surface area (Å²) in [5.41, 5.74) is 2.88. The maximum absolute atomic E-state index is 13.0. The van der Waals surface area contributed by atoms with Crippen LogP contribution in [-0.2, 0) is 9.59 Å². The minimum atomic E-state index is -0.750. The minimum Gasteiger partial charge on any atom is -0.507 e. The Morgan fingerprint density at radius 1 is 0.900 bits per heavy atom. The Bertz CT molecular complexity index is 1120. The molecule has 5 nitrogen and oxygen atoms in total. The molecular weight excluding hydrogens is 378 g/mol. The summed E-state index contributed by atoms with van der Waals surface area (Å²) in [6.45, 7) is 1.94. The van der Waals surface area contributed by atoms with Crippen molar-refractivity contribution in [2.24, 2.45) is 0 Å². The number of ketones is 1. The average Bonchev–Trinajstić information content (AvgIpc) is 3.05. The highest BCUT2D eigenvalue weighted by Crippen LogP contribution is 2.42. The topological polar surface area (TPSA) is 66.8 Å². The van der Waals surface area contributed by atoms with Crippen LogP contribution in [0.25, 0.3) is 5.76 Å². The quantitative estimate of drug-likeness (QED) is 0.395. The Balaban J connectivity index is 1.92. The van der Waals surface area contributed by atoms with E-state index in [1.54, 1.807) is 67.8 Å². The molecule has 0 bridgehead atoms. The summed E-state index contributed by atoms with van der Waals surface area (Å²) in [6, 6.07) is 22.6. The summed E-state index contributed by atoms with van der Waals surface area (Å²) >= 11 is 0. The number of carbonyl (C=O) groups is 2. The molecule has 1 aliphatic rings. The van der Waals surface area contributed by atoms with E-state index in [2.05, 4.69) is 0 Å². The zero-order valence-corrected chi connectivity index (χ0v) is 16.7. The summed E-state index contributed by atoms with van der Waals surface area (Å²) in [5, 5.41) is 11.1. The van der Waals surface area contributed by atoms with Gasteiger partial charge in [-0.3, -0.25) is 14.5 Å². The maximum atomic E-state index is 13.0. The number of hydrogen-bond acceptors (Lipinski definition) is 4. The van der Waals surface area contributed by atoms with Crippen molar-refractivity contribution in [2.45, 2.75) is 13.0 Å². The summed E-state index contributed by atoms with van der Waals surface area (Å²) in [7, 11) is 1.57. The molecule has 5 heteroatoms. The van der Waals surface area contributed by atoms with E-state index in [1.165, 1.54) is 4.90 Å². The van der Waals surface area contributed by atoms with Crippen LogP contribution < -0.4 is 9.64 Å². The van der Waals surface area contributed by atoms with Gasteiger partial charge in [-0.1, -0.05) is 60.2 Å². The largest absolute Gasteiger partial charge is 0.507 e. The van der Waals surface area contributed by atoms with Gasteiger partial charge < -0.3 is 9.84 Å². The van der Waals surface area contributed by atoms with Gasteiger partial charge in [0.1, 0.15) is 11.5 Å². The van der Waals surface area contributed by atoms with Gasteiger partial charge in [-0.15, -0.1) is 0 Å². The molecular formula is C25H21NO4. The van der Waals surface area contributed by atoms with Gasteiger partial charge in [-0.25, -0.2) is 0 Å². The number of rotatable bonds is 4. The summed E-state index contributed by atoms with van der Waals surface area (Å²) in [5.74, 6) is -0.907. The van der Waals surface area contributed by atoms with Gasteiger partial charge in [0.2, 0.25) is 0 Å². The number of nitrogens with zero attached hydrogens (tertiary/aromatic N) is 1. The lowest BCUT2D eigenvalue weighted by Gasteiger charge is -2.25. The third-order valence-corrected chi connectivity index (χ3v) is 5.24. The van der Waals surface area contributed by atoms with E-state index in [-0.39, 0.29) is 11.3 Å². The fourth-order valence-electron chi connectivity index (χ4n) is 3.66. The maximum Gasteiger partial charge on any atom is 0.300 e. The Labute approximate surface area is 174 Å². The van der Waals surface area contributed by atoms with Gasteiger partial charge in [0.15, 0.2) is 0 Å². The fourth-order valence-corrected chi connectivity index (χ4v) is 3.66. The van der Waals surface area contributed by atoms with Crippen LogP contribution in [0.15, 0.2) is 84.4 Å². The van der Waals surface area contributed by atoms with Crippen LogP contribution in [0.4, 0.5) is 5.69 Å². The number of aliphatic hydroxyl groups is 1. The van der Waals surface area contributed by atoms with Crippen molar-refractivity contribution in [3.05, 3.63) is 101 Å². The van der Waals surface area contributed by atoms with Crippen LogP contribution in [-0.4, -0.2) is 23.9 Å². The Morgan fingerprint density at radius 3 is 2.13 bits per heavy atom. The molecule has 3 aromatic rings. The van der Waals surface area contributed by atoms with E-state index in [9.17, 15) is 14.7 Å². The Kier molecular flexibility index (Phi) is 5.11. The lowest BCUT2D eigenvalue weighted by Crippen LogP contribution is -2.29. The van der Waals surface area contributed by atoms with Crippen molar-refractivity contribution in [2.75, 3.05) is 12.0 Å². The first-order chi connectivity index (χ1) is 14.5. The molecule has 0 spiro atoms. The SMILES string of the molecule is COc1ccc(C2C(=C(O)c3ccc(C)cc3)C(=O)C(=O)N2c2ccccc2)cc1. The molecule has 1 unspecified atom stereocenters. The zero-order valence-electron chi connectivity index (χ0n) is 16.7. The number of ether oxygens (including phenoxy) is 1. The number of para-hydroxylation sites is 1. The number of benzene rings is 3. The molecule has 150 valence electrons. The number of aliphatic hydroxyl groups excluding tert-OH is 1. The van der Waals surface area contributed by atoms with E-state index in [1.807, 2.05) is 25.1 Å². The van der Waals surface area contributed by atoms with Crippen molar-refractivity contribution >= 4 is 23.1 Å². The molecule has 0 radical (unpaired) electrons. The summed E-state index contributed by atoms with van der Waals surface area (Å²) in [6.07, 6.45) is 0. The molecule has 0 aromatic heterocycles. The highest BCUT2D eigenvalue weighted by molar-refractivity contribution is 6.51. The van der Waals surface area contributed by atoms with Crippen LogP contribution in [0.3, 0.4) is 0 Å². The first-order valence-electron chi connectivity index (χ1n) is 9.58. The average molecular weight is 399 g/mol. The molecule has 1 heterocycles. The first kappa shape index (κ1) is 19.5. The second kappa shape index (κ2) is 7.87. The first-order valence-corrected chi connectivity index (χ1v) is 9.58. The lowest BCUT2D eigenvalue weighted by molar-refractivity contribution is -0.132. The van der Waals surface area contributed by atoms with Crippen LogP contribution in [0, 0.1) is 6.92 Å². The van der Waals surface area contributed by atoms with Crippen molar-refractivity contribution in [1.29, 1.82) is 0 Å². The molecule has 1 N–H and O–H groups in total. The summed E-state index contributed by atoms with van der Waals surface area (Å²) in [4.78, 5) is 27.5. The van der Waals surface area contributed by atoms with Gasteiger partial charge in [-0.2, -0.15) is 0 Å². The number of Topliss-reactive ketones (excluding diaryl/α,β-unsaturated/α-hetero) is 1. The number of methoxy groups -OCH3 is 1. The van der Waals surface area contributed by atoms with Crippen molar-refractivity contribution in [3.63, 3.8) is 0 Å². The van der Waals surface area contributed by atoms with E-state index in [0.29, 0.717) is 22.6 Å².